The number of thiophene rings is 8. The van der Waals surface area contributed by atoms with Crippen molar-refractivity contribution in [3.8, 4) is 52.5 Å². The number of rotatable bonds is 40. The van der Waals surface area contributed by atoms with Gasteiger partial charge in [0.05, 0.1) is 55.6 Å². The second kappa shape index (κ2) is 40.8. The van der Waals surface area contributed by atoms with Gasteiger partial charge in [-0.3, -0.25) is 9.59 Å². The van der Waals surface area contributed by atoms with Crippen LogP contribution in [0.1, 0.15) is 328 Å². The van der Waals surface area contributed by atoms with Gasteiger partial charge in [-0.25, -0.2) is 29.0 Å². The Morgan fingerprint density at radius 1 is 0.408 bits per heavy atom. The van der Waals surface area contributed by atoms with Crippen LogP contribution in [0.3, 0.4) is 0 Å². The maximum Gasteiger partial charge on any atom is 0.270 e. The van der Waals surface area contributed by atoms with Crippen LogP contribution >= 0.6 is 90.7 Å². The maximum atomic E-state index is 18.8. The van der Waals surface area contributed by atoms with Crippen LogP contribution in [0.5, 0.6) is 0 Å². The number of allylic oxidation sites excluding steroid dienone is 6. The first-order chi connectivity index (χ1) is 63.6. The van der Waals surface area contributed by atoms with Crippen LogP contribution in [0.4, 0.5) is 8.78 Å². The second-order valence-corrected chi connectivity index (χ2v) is 44.1. The van der Waals surface area contributed by atoms with Crippen LogP contribution in [0.15, 0.2) is 165 Å². The van der Waals surface area contributed by atoms with Crippen LogP contribution in [-0.2, 0) is 49.4 Å². The fourth-order valence-corrected chi connectivity index (χ4v) is 30.7. The first-order valence-corrected chi connectivity index (χ1v) is 54.4. The number of Topliss-reactive ketones (excluding diaryl/α,β-unsaturated/α-hetero) is 2. The van der Waals surface area contributed by atoms with Gasteiger partial charge in [0.15, 0.2) is 11.6 Å². The number of hydrogen-bond donors (Lipinski definition) is 0. The number of carbonyl (C=O) groups excluding carboxylic acids is 2. The standard InChI is InChI=1S/C114H112F2N4O2S8/c1-11-19-25-29-35-71-39-47-75(48-40-71)113(76-49-41-72(42-50-76)36-30-26-20-12-2)87-59-79(57-81-97(91(63-117)119-9)83-65-123-67-85(83)105(81)121)125-107(87)111-103(113)101-99(95-61-89(115)93(127-95)55-69(17-7)33-23-15-5)110-102(100(109(101)129-111)96-62-90(116)94(128-96)56-70(18-8)34-24-16-6)104-112(130-110)108-88(60-80(126-108)58-82-98(92(64-118)120-10)84-66-124-68-86(84)106(82)122)114(104,77-51-43-73(44-52-77)37-31-27-21-13-3)78-53-45-74(46-54-78)38-32-28-22-14-4/h39-54,57-62,65-70H,11-38,55-56H2,1-8H3/b81-57-,82-58-,97-91-,98-92+. The molecule has 662 valence electrons. The quantitative estimate of drug-likeness (QED) is 0.0166. The highest BCUT2D eigenvalue weighted by atomic mass is 32.1. The fraction of sp³-hybridized carbons (Fsp3) is 0.368. The number of fused-ring (bicyclic) bond motifs is 12. The zero-order valence-electron chi connectivity index (χ0n) is 76.0. The summed E-state index contributed by atoms with van der Waals surface area (Å²) in [6.45, 7) is 34.8. The van der Waals surface area contributed by atoms with Gasteiger partial charge in [0.2, 0.25) is 0 Å². The predicted octanol–water partition coefficient (Wildman–Crippen LogP) is 35.7. The molecule has 0 aliphatic heterocycles. The highest BCUT2D eigenvalue weighted by molar-refractivity contribution is 7.30. The van der Waals surface area contributed by atoms with E-state index in [-0.39, 0.29) is 46.4 Å². The highest BCUT2D eigenvalue weighted by Crippen LogP contribution is 2.71. The molecule has 4 aliphatic carbocycles. The highest BCUT2D eigenvalue weighted by Gasteiger charge is 2.55. The molecule has 0 spiro atoms. The molecule has 0 fully saturated rings. The normalized spacial score (nSPS) is 15.7. The molecule has 0 saturated heterocycles. The van der Waals surface area contributed by atoms with Crippen molar-refractivity contribution in [1.29, 1.82) is 10.5 Å². The molecule has 16 heteroatoms. The average molecular weight is 1860 g/mol. The number of carbonyl (C=O) groups is 2. The van der Waals surface area contributed by atoms with Gasteiger partial charge in [0.1, 0.15) is 11.6 Å². The van der Waals surface area contributed by atoms with Crippen LogP contribution in [-0.4, -0.2) is 11.6 Å². The number of benzene rings is 5. The smallest absolute Gasteiger partial charge is 0.270 e. The third kappa shape index (κ3) is 16.9. The molecule has 8 aromatic heterocycles. The molecule has 0 bridgehead atoms. The lowest BCUT2D eigenvalue weighted by Crippen LogP contribution is -2.29. The Hall–Kier alpha value is -9.66. The molecular weight excluding hydrogens is 1750 g/mol. The van der Waals surface area contributed by atoms with Gasteiger partial charge in [0.25, 0.3) is 11.4 Å². The van der Waals surface area contributed by atoms with E-state index in [1.54, 1.807) is 68.0 Å². The van der Waals surface area contributed by atoms with E-state index in [1.807, 2.05) is 45.8 Å². The van der Waals surface area contributed by atoms with Crippen molar-refractivity contribution in [3.63, 3.8) is 0 Å². The van der Waals surface area contributed by atoms with Crippen molar-refractivity contribution in [3.05, 3.63) is 308 Å². The number of halogens is 2. The second-order valence-electron chi connectivity index (χ2n) is 36.2. The van der Waals surface area contributed by atoms with Gasteiger partial charge in [-0.2, -0.15) is 22.7 Å². The van der Waals surface area contributed by atoms with E-state index in [0.29, 0.717) is 57.4 Å². The Labute approximate surface area is 799 Å². The minimum Gasteiger partial charge on any atom is -0.289 e. The van der Waals surface area contributed by atoms with Crippen LogP contribution in [0.25, 0.3) is 93.6 Å². The summed E-state index contributed by atoms with van der Waals surface area (Å²) >= 11 is 12.8. The molecule has 5 aromatic carbocycles. The third-order valence-electron chi connectivity index (χ3n) is 28.0. The van der Waals surface area contributed by atoms with Crippen LogP contribution < -0.4 is 0 Å². The van der Waals surface area contributed by atoms with Crippen molar-refractivity contribution in [1.82, 2.24) is 0 Å². The summed E-state index contributed by atoms with van der Waals surface area (Å²) in [5, 5.41) is 31.0. The third-order valence-corrected chi connectivity index (χ3v) is 36.7. The van der Waals surface area contributed by atoms with Crippen molar-refractivity contribution >= 4 is 146 Å². The molecule has 13 aromatic rings. The van der Waals surface area contributed by atoms with E-state index in [4.69, 9.17) is 13.1 Å². The summed E-state index contributed by atoms with van der Waals surface area (Å²) in [7, 11) is 0. The van der Waals surface area contributed by atoms with Gasteiger partial charge < -0.3 is 0 Å². The summed E-state index contributed by atoms with van der Waals surface area (Å²) in [5.41, 5.74) is 16.4. The number of aryl methyl sites for hydroxylation is 4. The predicted molar refractivity (Wildman–Crippen MR) is 551 cm³/mol. The SMILES string of the molecule is [C-]#[N+]/C(C#N)=C1/C(=C/c2cc3c(s2)-c2sc4c(-c5cc(F)c(CC(CC)CCCC)s5)c5c6c(sc5c(-c5cc(F)c(CC(CC)CCCC)s5)c4c2C3(c2ccc(CCCCCC)cc2)c2ccc(CCCCCC)cc2)-c2sc(/C=C3\C(=O)c4cscc4\C3=C(/C#N)[N+]#[C-])cc2C6(c2ccc(CCCCCC)cc2)c2ccc(CCCCCC)cc2)C(=O)c2cscc21. The average Bonchev–Trinajstić information content (AvgIpc) is 1.48. The summed E-state index contributed by atoms with van der Waals surface area (Å²) in [5.74, 6) is -0.386. The van der Waals surface area contributed by atoms with Crippen LogP contribution in [0, 0.1) is 59.3 Å². The van der Waals surface area contributed by atoms with Gasteiger partial charge in [-0.1, -0.05) is 281 Å². The van der Waals surface area contributed by atoms with E-state index in [0.717, 1.165) is 304 Å². The number of ketones is 2. The summed E-state index contributed by atoms with van der Waals surface area (Å²) < 4.78 is 39.5. The first kappa shape index (κ1) is 92.2. The van der Waals surface area contributed by atoms with Crippen molar-refractivity contribution < 1.29 is 18.4 Å². The van der Waals surface area contributed by atoms with E-state index < -0.39 is 10.8 Å². The van der Waals surface area contributed by atoms with E-state index in [2.05, 4.69) is 186 Å². The number of nitrogens with zero attached hydrogens (tertiary/aromatic N) is 4. The lowest BCUT2D eigenvalue weighted by Gasteiger charge is -2.35. The van der Waals surface area contributed by atoms with Crippen LogP contribution in [0.2, 0.25) is 0 Å². The summed E-state index contributed by atoms with van der Waals surface area (Å²) in [6.07, 6.45) is 34.6. The van der Waals surface area contributed by atoms with Gasteiger partial charge in [-0.05, 0) is 201 Å². The van der Waals surface area contributed by atoms with E-state index in [9.17, 15) is 10.5 Å². The Morgan fingerprint density at radius 3 is 1.03 bits per heavy atom. The minimum absolute atomic E-state index is 0.129. The minimum atomic E-state index is -1.12. The number of unbranched alkanes of at least 4 members (excludes halogenated alkanes) is 14. The van der Waals surface area contributed by atoms with Crippen molar-refractivity contribution in [2.75, 3.05) is 0 Å². The summed E-state index contributed by atoms with van der Waals surface area (Å²) in [4.78, 5) is 46.8. The van der Waals surface area contributed by atoms with E-state index in [1.165, 1.54) is 44.9 Å². The summed E-state index contributed by atoms with van der Waals surface area (Å²) in [6, 6.07) is 50.5. The Balaban J connectivity index is 1.06. The fourth-order valence-electron chi connectivity index (χ4n) is 21.0. The Kier molecular flexibility index (Phi) is 29.0. The molecule has 8 heterocycles. The molecule has 0 radical (unpaired) electrons. The maximum absolute atomic E-state index is 18.8. The zero-order valence-corrected chi connectivity index (χ0v) is 82.5. The molecule has 2 unspecified atom stereocenters. The lowest BCUT2D eigenvalue weighted by molar-refractivity contribution is 0.103. The number of nitriles is 2. The topological polar surface area (TPSA) is 90.4 Å². The Bertz CT molecular complexity index is 6190. The molecule has 0 amide bonds. The van der Waals surface area contributed by atoms with Crippen molar-refractivity contribution in [2.24, 2.45) is 11.8 Å². The molecule has 0 saturated carbocycles. The van der Waals surface area contributed by atoms with Gasteiger partial charge in [0, 0.05) is 105 Å². The largest absolute Gasteiger partial charge is 0.289 e. The molecule has 0 N–H and O–H groups in total. The Morgan fingerprint density at radius 2 is 0.731 bits per heavy atom. The molecule has 4 aliphatic rings. The van der Waals surface area contributed by atoms with Gasteiger partial charge in [-0.15, -0.1) is 68.0 Å². The van der Waals surface area contributed by atoms with E-state index >= 15 is 18.4 Å². The van der Waals surface area contributed by atoms with Gasteiger partial charge >= 0.3 is 0 Å². The lowest BCUT2D eigenvalue weighted by atomic mass is 9.66. The molecule has 2 atom stereocenters. The molecule has 6 nitrogen and oxygen atoms in total. The monoisotopic (exact) mass is 1860 g/mol. The number of hydrogen-bond acceptors (Lipinski definition) is 12. The molecular formula is C114H112F2N4O2S8. The molecule has 130 heavy (non-hydrogen) atoms. The molecule has 17 rings (SSSR count). The first-order valence-electron chi connectivity index (χ1n) is 47.7. The van der Waals surface area contributed by atoms with Crippen molar-refractivity contribution in [2.45, 2.75) is 259 Å². The zero-order chi connectivity index (χ0) is 90.5.